The number of nitrogens with zero attached hydrogens (tertiary/aromatic N) is 3. The third-order valence-electron chi connectivity index (χ3n) is 8.32. The highest BCUT2D eigenvalue weighted by Crippen LogP contribution is 2.44. The van der Waals surface area contributed by atoms with Crippen LogP contribution in [0.15, 0.2) is 66.0 Å². The zero-order chi connectivity index (χ0) is 41.6. The number of aromatic carboxylic acids is 1. The molecule has 16 nitrogen and oxygen atoms in total. The van der Waals surface area contributed by atoms with Gasteiger partial charge in [0.25, 0.3) is 0 Å². The van der Waals surface area contributed by atoms with Crippen molar-refractivity contribution in [3.05, 3.63) is 82.6 Å². The summed E-state index contributed by atoms with van der Waals surface area (Å²) in [6.45, 7) is 6.35. The number of carboxylic acids is 1. The van der Waals surface area contributed by atoms with Gasteiger partial charge in [0.1, 0.15) is 35.7 Å². The molecule has 6 N–H and O–H groups in total. The number of amides is 2. The van der Waals surface area contributed by atoms with Crippen LogP contribution in [0.2, 0.25) is 0 Å². The van der Waals surface area contributed by atoms with Crippen LogP contribution < -0.4 is 20.7 Å². The minimum atomic E-state index is -3.84. The summed E-state index contributed by atoms with van der Waals surface area (Å²) in [4.78, 5) is 47.0. The maximum atomic E-state index is 12.3. The average molecular weight is 811 g/mol. The number of fused-ring (bicyclic) bond motifs is 2. The first kappa shape index (κ1) is 44.6. The molecule has 0 bridgehead atoms. The number of rotatable bonds is 16. The number of nitrogens with one attached hydrogen (secondary N) is 3. The second kappa shape index (κ2) is 20.8. The minimum absolute atomic E-state index is 0.00702. The SMILES string of the molecule is CC(=O)CCS(=O)(=O)N(CC#N)C(C)=O.CC(=O)NCCCN(C)CCCNC(=S)Nc1ccc(C(=O)O)c(C2=C3C=CC(O)=CC3Oc3cc(O)ccc32)c1. The van der Waals surface area contributed by atoms with Crippen molar-refractivity contribution in [2.75, 3.05) is 50.8 Å². The van der Waals surface area contributed by atoms with E-state index in [0.717, 1.165) is 32.9 Å². The molecule has 0 aromatic heterocycles. The number of nitriles is 1. The first-order valence-corrected chi connectivity index (χ1v) is 19.5. The summed E-state index contributed by atoms with van der Waals surface area (Å²) < 4.78 is 29.4. The molecule has 0 fully saturated rings. The topological polar surface area (TPSA) is 239 Å². The predicted molar refractivity (Wildman–Crippen MR) is 214 cm³/mol. The number of thiocarbonyl (C=S) groups is 1. The molecule has 18 heteroatoms. The van der Waals surface area contributed by atoms with Crippen molar-refractivity contribution >= 4 is 62.2 Å². The lowest BCUT2D eigenvalue weighted by molar-refractivity contribution is -0.124. The Bertz CT molecular complexity index is 2070. The molecule has 1 aliphatic carbocycles. The Labute approximate surface area is 331 Å². The third kappa shape index (κ3) is 13.2. The number of aliphatic hydroxyl groups excluding tert-OH is 1. The van der Waals surface area contributed by atoms with E-state index in [2.05, 4.69) is 20.9 Å². The van der Waals surface area contributed by atoms with Gasteiger partial charge in [0.2, 0.25) is 21.8 Å². The van der Waals surface area contributed by atoms with Gasteiger partial charge in [-0.25, -0.2) is 17.5 Å². The first-order chi connectivity index (χ1) is 26.4. The Hall–Kier alpha value is -5.77. The quantitative estimate of drug-likeness (QED) is 0.0809. The van der Waals surface area contributed by atoms with Crippen LogP contribution in [0.25, 0.3) is 5.57 Å². The number of phenolic OH excluding ortho intramolecular Hbond substituents is 1. The van der Waals surface area contributed by atoms with Crippen LogP contribution in [-0.4, -0.2) is 113 Å². The molecule has 1 heterocycles. The molecule has 0 saturated carbocycles. The fraction of sp³-hybridized carbons (Fsp3) is 0.368. The maximum absolute atomic E-state index is 12.3. The molecule has 300 valence electrons. The first-order valence-electron chi connectivity index (χ1n) is 17.5. The van der Waals surface area contributed by atoms with Gasteiger partial charge in [-0.1, -0.05) is 6.08 Å². The van der Waals surface area contributed by atoms with E-state index in [9.17, 15) is 42.9 Å². The Morgan fingerprint density at radius 2 is 1.64 bits per heavy atom. The number of sulfonamides is 1. The molecule has 0 spiro atoms. The number of carbonyl (C=O) groups is 4. The van der Waals surface area contributed by atoms with Gasteiger partial charge >= 0.3 is 5.97 Å². The highest BCUT2D eigenvalue weighted by Gasteiger charge is 2.31. The van der Waals surface area contributed by atoms with Crippen LogP contribution in [0, 0.1) is 11.3 Å². The number of anilines is 1. The van der Waals surface area contributed by atoms with Crippen molar-refractivity contribution in [3.8, 4) is 17.6 Å². The van der Waals surface area contributed by atoms with E-state index in [1.165, 1.54) is 44.2 Å². The Kier molecular flexibility index (Phi) is 16.6. The minimum Gasteiger partial charge on any atom is -0.508 e. The van der Waals surface area contributed by atoms with E-state index in [4.69, 9.17) is 22.2 Å². The molecule has 2 aromatic rings. The van der Waals surface area contributed by atoms with Crippen LogP contribution in [0.3, 0.4) is 0 Å². The molecule has 0 radical (unpaired) electrons. The van der Waals surface area contributed by atoms with Crippen molar-refractivity contribution in [3.63, 3.8) is 0 Å². The van der Waals surface area contributed by atoms with Crippen LogP contribution in [-0.2, 0) is 24.4 Å². The van der Waals surface area contributed by atoms with Gasteiger partial charge in [0, 0.05) is 67.9 Å². The lowest BCUT2D eigenvalue weighted by Crippen LogP contribution is -2.37. The number of ether oxygens (including phenoxy) is 1. The number of hydrogen-bond acceptors (Lipinski definition) is 12. The fourth-order valence-corrected chi connectivity index (χ4v) is 7.25. The number of aromatic hydroxyl groups is 1. The second-order valence-electron chi connectivity index (χ2n) is 12.9. The Morgan fingerprint density at radius 3 is 2.25 bits per heavy atom. The van der Waals surface area contributed by atoms with Crippen molar-refractivity contribution in [1.29, 1.82) is 5.26 Å². The lowest BCUT2D eigenvalue weighted by Gasteiger charge is -2.31. The molecule has 2 aromatic carbocycles. The zero-order valence-electron chi connectivity index (χ0n) is 31.5. The lowest BCUT2D eigenvalue weighted by atomic mass is 9.84. The number of ketones is 1. The van der Waals surface area contributed by atoms with E-state index < -0.39 is 40.3 Å². The van der Waals surface area contributed by atoms with Crippen molar-refractivity contribution in [1.82, 2.24) is 19.8 Å². The summed E-state index contributed by atoms with van der Waals surface area (Å²) in [7, 11) is -1.81. The number of phenols is 1. The van der Waals surface area contributed by atoms with E-state index in [1.54, 1.807) is 30.3 Å². The normalized spacial score (nSPS) is 14.1. The fourth-order valence-electron chi connectivity index (χ4n) is 5.62. The third-order valence-corrected chi connectivity index (χ3v) is 10.3. The molecule has 0 saturated heterocycles. The van der Waals surface area contributed by atoms with E-state index in [-0.39, 0.29) is 35.2 Å². The molecule has 1 atom stereocenters. The van der Waals surface area contributed by atoms with E-state index in [1.807, 2.05) is 7.05 Å². The van der Waals surface area contributed by atoms with Gasteiger partial charge in [-0.15, -0.1) is 0 Å². The summed E-state index contributed by atoms with van der Waals surface area (Å²) >= 11 is 5.49. The van der Waals surface area contributed by atoms with Crippen LogP contribution >= 0.6 is 12.2 Å². The number of benzene rings is 2. The summed E-state index contributed by atoms with van der Waals surface area (Å²) in [5.74, 6) is -2.15. The smallest absolute Gasteiger partial charge is 0.336 e. The monoisotopic (exact) mass is 810 g/mol. The van der Waals surface area contributed by atoms with Gasteiger partial charge in [-0.2, -0.15) is 5.26 Å². The summed E-state index contributed by atoms with van der Waals surface area (Å²) in [6, 6.07) is 11.2. The van der Waals surface area contributed by atoms with Gasteiger partial charge in [0.05, 0.1) is 17.4 Å². The molecule has 4 rings (SSSR count). The van der Waals surface area contributed by atoms with E-state index >= 15 is 0 Å². The molecule has 56 heavy (non-hydrogen) atoms. The van der Waals surface area contributed by atoms with Crippen LogP contribution in [0.5, 0.6) is 11.5 Å². The number of aliphatic hydroxyl groups is 1. The number of allylic oxidation sites excluding steroid dienone is 1. The van der Waals surface area contributed by atoms with Crippen molar-refractivity contribution in [2.45, 2.75) is 46.1 Å². The number of carboxylic acid groups (broad SMARTS) is 1. The summed E-state index contributed by atoms with van der Waals surface area (Å²) in [5, 5.41) is 48.0. The number of hydrogen-bond donors (Lipinski definition) is 6. The standard InChI is InChI=1S/C30H34N4O6S.C8H12N2O4S/c1-18(35)31-11-3-13-34(2)14-4-12-32-30(41)33-19-5-8-22(29(38)39)25(15-19)28-23-9-6-20(36)16-26(23)40-27-17-21(37)7-10-24(27)28;1-7(11)3-6-15(13,14)10(5-4-9)8(2)12/h5-10,15-17,26,36-37H,3-4,11-14H2,1-2H3,(H,31,35)(H,38,39)(H2,32,33,41);3,5-6H2,1-2H3. The largest absolute Gasteiger partial charge is 0.508 e. The molecular formula is C38H46N6O10S2. The highest BCUT2D eigenvalue weighted by molar-refractivity contribution is 7.89. The van der Waals surface area contributed by atoms with Gasteiger partial charge < -0.3 is 40.9 Å². The van der Waals surface area contributed by atoms with Gasteiger partial charge in [-0.05, 0) is 94.1 Å². The zero-order valence-corrected chi connectivity index (χ0v) is 33.1. The molecular weight excluding hydrogens is 765 g/mol. The van der Waals surface area contributed by atoms with Crippen molar-refractivity contribution in [2.24, 2.45) is 0 Å². The summed E-state index contributed by atoms with van der Waals surface area (Å²) in [5.41, 5.74) is 3.06. The maximum Gasteiger partial charge on any atom is 0.336 e. The predicted octanol–water partition coefficient (Wildman–Crippen LogP) is 3.47. The second-order valence-corrected chi connectivity index (χ2v) is 15.3. The highest BCUT2D eigenvalue weighted by atomic mass is 32.2. The summed E-state index contributed by atoms with van der Waals surface area (Å²) in [6.07, 6.45) is 5.69. The van der Waals surface area contributed by atoms with Crippen LogP contribution in [0.4, 0.5) is 5.69 Å². The van der Waals surface area contributed by atoms with Gasteiger partial charge in [0.15, 0.2) is 5.11 Å². The van der Waals surface area contributed by atoms with Crippen LogP contribution in [0.1, 0.15) is 61.5 Å². The van der Waals surface area contributed by atoms with Crippen molar-refractivity contribution < 1.29 is 47.7 Å². The molecule has 1 unspecified atom stereocenters. The average Bonchev–Trinajstić information content (AvgIpc) is 3.12. The number of Topliss-reactive ketones (excluding diaryl/α,β-unsaturated/α-hetero) is 1. The molecule has 2 amide bonds. The molecule has 2 aliphatic rings. The Balaban J connectivity index is 0.000000475. The van der Waals surface area contributed by atoms with E-state index in [0.29, 0.717) is 56.2 Å². The molecule has 1 aliphatic heterocycles. The Morgan fingerprint density at radius 1 is 0.964 bits per heavy atom. The number of carbonyl (C=O) groups excluding carboxylic acids is 3. The van der Waals surface area contributed by atoms with Gasteiger partial charge in [-0.3, -0.25) is 14.4 Å².